The Labute approximate surface area is 239 Å². The molecule has 11 nitrogen and oxygen atoms in total. The van der Waals surface area contributed by atoms with Crippen LogP contribution < -0.4 is 16.0 Å². The molecular formula is C29H33N3O8S. The molecule has 4 heterocycles. The fourth-order valence-corrected chi connectivity index (χ4v) is 6.23. The van der Waals surface area contributed by atoms with E-state index < -0.39 is 35.2 Å². The maximum Gasteiger partial charge on any atom is 0.333 e. The van der Waals surface area contributed by atoms with Crippen LogP contribution in [0.15, 0.2) is 50.7 Å². The van der Waals surface area contributed by atoms with E-state index >= 15 is 0 Å². The molecule has 1 unspecified atom stereocenters. The molecule has 4 aromatic rings. The van der Waals surface area contributed by atoms with Gasteiger partial charge >= 0.3 is 11.7 Å². The zero-order chi connectivity index (χ0) is 29.3. The number of hydrogen-bond donors (Lipinski definition) is 1. The maximum atomic E-state index is 14.1. The predicted octanol–water partition coefficient (Wildman–Crippen LogP) is 4.69. The van der Waals surface area contributed by atoms with Crippen molar-refractivity contribution in [1.29, 1.82) is 0 Å². The number of thiophene rings is 1. The number of aromatic nitrogens is 3. The summed E-state index contributed by atoms with van der Waals surface area (Å²) in [6.07, 6.45) is 4.22. The average Bonchev–Trinajstić information content (AvgIpc) is 3.59. The standard InChI is InChI=1S/C29H33N3O8S/c1-5-37-19-11-7-6-10-18(19)20(40-21-12-8-9-14-38-21)16-31-26-23(22(17(2)41-26)24-30-13-15-39-24)25(33)32(28(31)36)29(3,4)27(34)35/h6-7,10-11,13,15,20-21H,5,8-9,12,14,16H2,1-4H3,(H,34,35)/t20-,21?/m0/s1. The molecule has 1 aliphatic heterocycles. The molecular weight excluding hydrogens is 550 g/mol. The second kappa shape index (κ2) is 11.6. The zero-order valence-electron chi connectivity index (χ0n) is 23.4. The first-order valence-corrected chi connectivity index (χ1v) is 14.4. The van der Waals surface area contributed by atoms with E-state index in [1.54, 1.807) is 6.92 Å². The Morgan fingerprint density at radius 1 is 1.27 bits per heavy atom. The number of aliphatic carboxylic acids is 1. The van der Waals surface area contributed by atoms with Gasteiger partial charge in [-0.2, -0.15) is 0 Å². The van der Waals surface area contributed by atoms with Gasteiger partial charge in [-0.05, 0) is 53.0 Å². The summed E-state index contributed by atoms with van der Waals surface area (Å²) < 4.78 is 26.0. The summed E-state index contributed by atoms with van der Waals surface area (Å²) in [5.41, 5.74) is -2.21. The van der Waals surface area contributed by atoms with E-state index in [1.807, 2.05) is 31.2 Å². The van der Waals surface area contributed by atoms with Crippen molar-refractivity contribution in [2.24, 2.45) is 0 Å². The molecule has 1 aliphatic rings. The quantitative estimate of drug-likeness (QED) is 0.282. The van der Waals surface area contributed by atoms with Crippen LogP contribution in [-0.4, -0.2) is 44.7 Å². The highest BCUT2D eigenvalue weighted by atomic mass is 32.1. The molecule has 0 bridgehead atoms. The molecule has 1 N–H and O–H groups in total. The fraction of sp³-hybridized carbons (Fsp3) is 0.448. The lowest BCUT2D eigenvalue weighted by atomic mass is 10.0. The zero-order valence-corrected chi connectivity index (χ0v) is 24.2. The molecule has 0 amide bonds. The maximum absolute atomic E-state index is 14.1. The van der Waals surface area contributed by atoms with E-state index in [2.05, 4.69) is 4.98 Å². The van der Waals surface area contributed by atoms with Crippen molar-refractivity contribution in [2.45, 2.75) is 71.4 Å². The topological polar surface area (TPSA) is 135 Å². The summed E-state index contributed by atoms with van der Waals surface area (Å²) in [5.74, 6) is -0.514. The van der Waals surface area contributed by atoms with Gasteiger partial charge in [0.1, 0.15) is 28.5 Å². The molecule has 0 radical (unpaired) electrons. The van der Waals surface area contributed by atoms with Crippen LogP contribution in [0.5, 0.6) is 5.75 Å². The van der Waals surface area contributed by atoms with E-state index in [-0.39, 0.29) is 17.8 Å². The van der Waals surface area contributed by atoms with Crippen LogP contribution in [0.2, 0.25) is 0 Å². The third-order valence-electron chi connectivity index (χ3n) is 7.25. The number of aryl methyl sites for hydroxylation is 1. The summed E-state index contributed by atoms with van der Waals surface area (Å²) in [6, 6.07) is 7.42. The number of hydrogen-bond acceptors (Lipinski definition) is 9. The number of rotatable bonds is 10. The molecule has 0 saturated carbocycles. The summed E-state index contributed by atoms with van der Waals surface area (Å²) in [4.78, 5) is 45.7. The van der Waals surface area contributed by atoms with Gasteiger partial charge in [-0.15, -0.1) is 11.3 Å². The SMILES string of the molecule is CCOc1ccccc1[C@H](Cn1c(=O)n(C(C)(C)C(=O)O)c(=O)c2c(-c3ncco3)c(C)sc21)OC1CCCCO1. The third kappa shape index (κ3) is 5.34. The van der Waals surface area contributed by atoms with Gasteiger partial charge in [-0.25, -0.2) is 19.1 Å². The molecule has 1 fully saturated rings. The smallest absolute Gasteiger partial charge is 0.333 e. The highest BCUT2D eigenvalue weighted by Gasteiger charge is 2.37. The largest absolute Gasteiger partial charge is 0.493 e. The minimum Gasteiger partial charge on any atom is -0.493 e. The van der Waals surface area contributed by atoms with Crippen LogP contribution in [-0.2, 0) is 26.4 Å². The number of fused-ring (bicyclic) bond motifs is 1. The van der Waals surface area contributed by atoms with Gasteiger partial charge in [-0.3, -0.25) is 9.36 Å². The van der Waals surface area contributed by atoms with Gasteiger partial charge in [0.2, 0.25) is 5.89 Å². The summed E-state index contributed by atoms with van der Waals surface area (Å²) in [7, 11) is 0. The van der Waals surface area contributed by atoms with Crippen molar-refractivity contribution in [3.05, 3.63) is 68.0 Å². The highest BCUT2D eigenvalue weighted by Crippen LogP contribution is 2.37. The van der Waals surface area contributed by atoms with Crippen molar-refractivity contribution in [1.82, 2.24) is 14.1 Å². The number of nitrogens with zero attached hydrogens (tertiary/aromatic N) is 3. The van der Waals surface area contributed by atoms with Crippen LogP contribution in [0.3, 0.4) is 0 Å². The number of carboxylic acid groups (broad SMARTS) is 1. The van der Waals surface area contributed by atoms with E-state index in [0.29, 0.717) is 46.2 Å². The number of ether oxygens (including phenoxy) is 3. The van der Waals surface area contributed by atoms with Crippen molar-refractivity contribution in [2.75, 3.05) is 13.2 Å². The van der Waals surface area contributed by atoms with E-state index in [4.69, 9.17) is 18.6 Å². The molecule has 12 heteroatoms. The van der Waals surface area contributed by atoms with E-state index in [9.17, 15) is 19.5 Å². The monoisotopic (exact) mass is 583 g/mol. The first-order chi connectivity index (χ1) is 19.6. The van der Waals surface area contributed by atoms with Crippen molar-refractivity contribution < 1.29 is 28.5 Å². The minimum absolute atomic E-state index is 0.0275. The lowest BCUT2D eigenvalue weighted by molar-refractivity contribution is -0.192. The fourth-order valence-electron chi connectivity index (χ4n) is 5.09. The lowest BCUT2D eigenvalue weighted by Crippen LogP contribution is -2.52. The second-order valence-corrected chi connectivity index (χ2v) is 11.5. The first kappa shape index (κ1) is 28.8. The average molecular weight is 584 g/mol. The Bertz CT molecular complexity index is 1660. The number of para-hydroxylation sites is 1. The Balaban J connectivity index is 1.76. The number of oxazole rings is 1. The van der Waals surface area contributed by atoms with Gasteiger partial charge in [-0.1, -0.05) is 18.2 Å². The molecule has 3 aromatic heterocycles. The Morgan fingerprint density at radius 2 is 2.05 bits per heavy atom. The Hall–Kier alpha value is -3.74. The molecule has 1 aromatic carbocycles. The summed E-state index contributed by atoms with van der Waals surface area (Å²) in [6.45, 7) is 7.30. The van der Waals surface area contributed by atoms with Crippen molar-refractivity contribution >= 4 is 27.5 Å². The van der Waals surface area contributed by atoms with Crippen LogP contribution >= 0.6 is 11.3 Å². The summed E-state index contributed by atoms with van der Waals surface area (Å²) >= 11 is 1.24. The van der Waals surface area contributed by atoms with Gasteiger partial charge in [0, 0.05) is 17.0 Å². The molecule has 218 valence electrons. The van der Waals surface area contributed by atoms with Gasteiger partial charge in [0.15, 0.2) is 6.29 Å². The van der Waals surface area contributed by atoms with E-state index in [1.165, 1.54) is 42.2 Å². The Morgan fingerprint density at radius 3 is 2.71 bits per heavy atom. The predicted molar refractivity (Wildman–Crippen MR) is 153 cm³/mol. The molecule has 5 rings (SSSR count). The molecule has 41 heavy (non-hydrogen) atoms. The number of carbonyl (C=O) groups is 1. The van der Waals surface area contributed by atoms with Gasteiger partial charge in [0.25, 0.3) is 5.56 Å². The number of benzene rings is 1. The van der Waals surface area contributed by atoms with Crippen molar-refractivity contribution in [3.63, 3.8) is 0 Å². The normalized spacial score (nSPS) is 16.6. The minimum atomic E-state index is -1.85. The lowest BCUT2D eigenvalue weighted by Gasteiger charge is -2.30. The van der Waals surface area contributed by atoms with E-state index in [0.717, 1.165) is 17.4 Å². The first-order valence-electron chi connectivity index (χ1n) is 13.6. The van der Waals surface area contributed by atoms with Crippen LogP contribution in [0.4, 0.5) is 0 Å². The van der Waals surface area contributed by atoms with Crippen LogP contribution in [0.25, 0.3) is 21.7 Å². The molecule has 0 spiro atoms. The second-order valence-electron chi connectivity index (χ2n) is 10.3. The Kier molecular flexibility index (Phi) is 8.16. The summed E-state index contributed by atoms with van der Waals surface area (Å²) in [5, 5.41) is 10.2. The van der Waals surface area contributed by atoms with Gasteiger partial charge in [0.05, 0.1) is 30.3 Å². The molecule has 0 aliphatic carbocycles. The number of carboxylic acids is 1. The van der Waals surface area contributed by atoms with Gasteiger partial charge < -0.3 is 23.7 Å². The third-order valence-corrected chi connectivity index (χ3v) is 8.37. The molecule has 1 saturated heterocycles. The van der Waals surface area contributed by atoms with Crippen molar-refractivity contribution in [3.8, 4) is 17.2 Å². The molecule has 2 atom stereocenters. The van der Waals surface area contributed by atoms with Crippen LogP contribution in [0, 0.1) is 6.92 Å². The highest BCUT2D eigenvalue weighted by molar-refractivity contribution is 7.19. The van der Waals surface area contributed by atoms with Crippen LogP contribution in [0.1, 0.15) is 56.6 Å².